The molecule has 0 saturated heterocycles. The van der Waals surface area contributed by atoms with Crippen LogP contribution in [0.25, 0.3) is 44.2 Å². The highest BCUT2D eigenvalue weighted by Crippen LogP contribution is 2.53. The van der Waals surface area contributed by atoms with Gasteiger partial charge in [-0.15, -0.1) is 0 Å². The van der Waals surface area contributed by atoms with Crippen LogP contribution in [0.2, 0.25) is 10.0 Å². The first-order valence-corrected chi connectivity index (χ1v) is 19.1. The van der Waals surface area contributed by atoms with E-state index in [-0.39, 0.29) is 48.7 Å². The van der Waals surface area contributed by atoms with Crippen LogP contribution >= 0.6 is 23.2 Å². The van der Waals surface area contributed by atoms with Crippen LogP contribution in [0, 0.1) is 0 Å². The average molecular weight is 826 g/mol. The van der Waals surface area contributed by atoms with Crippen molar-refractivity contribution >= 4 is 69.0 Å². The molecule has 4 aromatic carbocycles. The fraction of sp³-hybridized carbons (Fsp3) is 0.227. The van der Waals surface area contributed by atoms with E-state index in [1.54, 1.807) is 100 Å². The van der Waals surface area contributed by atoms with E-state index >= 15 is 0 Å². The molecule has 6 aromatic rings. The second-order valence-electron chi connectivity index (χ2n) is 13.0. The van der Waals surface area contributed by atoms with Gasteiger partial charge < -0.3 is 27.8 Å². The summed E-state index contributed by atoms with van der Waals surface area (Å²) in [6.45, 7) is 6.55. The third-order valence-electron chi connectivity index (χ3n) is 10.0. The summed E-state index contributed by atoms with van der Waals surface area (Å²) in [7, 11) is 0. The van der Waals surface area contributed by atoms with Crippen LogP contribution in [0.5, 0.6) is 0 Å². The first kappa shape index (κ1) is 40.0. The molecule has 0 aliphatic heterocycles. The Bertz CT molecular complexity index is 2570. The van der Waals surface area contributed by atoms with E-state index in [2.05, 4.69) is 0 Å². The van der Waals surface area contributed by atoms with Crippen molar-refractivity contribution < 1.29 is 47.0 Å². The molecule has 0 atom stereocenters. The second-order valence-corrected chi connectivity index (χ2v) is 13.9. The van der Waals surface area contributed by atoms with Gasteiger partial charge in [-0.05, 0) is 86.3 Å². The van der Waals surface area contributed by atoms with E-state index in [9.17, 15) is 28.8 Å². The lowest BCUT2D eigenvalue weighted by molar-refractivity contribution is -0.164. The van der Waals surface area contributed by atoms with Gasteiger partial charge in [0, 0.05) is 31.9 Å². The third kappa shape index (κ3) is 5.89. The van der Waals surface area contributed by atoms with E-state index in [1.807, 2.05) is 0 Å². The number of halogens is 2. The number of benzene rings is 4. The number of ether oxygens (including phenoxy) is 4. The van der Waals surface area contributed by atoms with E-state index < -0.39 is 46.0 Å². The Morgan fingerprint density at radius 1 is 0.517 bits per heavy atom. The summed E-state index contributed by atoms with van der Waals surface area (Å²) in [5.74, 6) is -3.60. The lowest BCUT2D eigenvalue weighted by Gasteiger charge is -2.26. The highest BCUT2D eigenvalue weighted by atomic mass is 35.5. The molecular weight excluding hydrogens is 791 g/mol. The number of hydrogen-bond acceptors (Lipinski definition) is 12. The van der Waals surface area contributed by atoms with Crippen molar-refractivity contribution in [2.45, 2.75) is 38.5 Å². The second kappa shape index (κ2) is 15.6. The number of fused-ring (bicyclic) bond motifs is 10. The Hall–Kier alpha value is -6.24. The number of carbonyl (C=O) groups excluding carboxylic acids is 4. The van der Waals surface area contributed by atoms with Crippen molar-refractivity contribution in [3.8, 4) is 22.3 Å². The number of esters is 4. The molecule has 2 aliphatic rings. The molecule has 0 bridgehead atoms. The molecule has 2 aliphatic carbocycles. The minimum atomic E-state index is -2.10. The molecule has 14 heteroatoms. The number of para-hydroxylation sites is 2. The van der Waals surface area contributed by atoms with Gasteiger partial charge in [0.2, 0.25) is 10.8 Å². The number of rotatable bonds is 8. The Balaban J connectivity index is 0.000000177. The van der Waals surface area contributed by atoms with Crippen molar-refractivity contribution in [3.63, 3.8) is 0 Å². The zero-order valence-corrected chi connectivity index (χ0v) is 33.1. The van der Waals surface area contributed by atoms with E-state index in [0.29, 0.717) is 54.2 Å². The lowest BCUT2D eigenvalue weighted by atomic mass is 9.78. The van der Waals surface area contributed by atoms with Crippen molar-refractivity contribution in [3.05, 3.63) is 138 Å². The van der Waals surface area contributed by atoms with Crippen LogP contribution in [0.15, 0.2) is 103 Å². The smallest absolute Gasteiger partial charge is 0.342 e. The topological polar surface area (TPSA) is 166 Å². The van der Waals surface area contributed by atoms with Crippen molar-refractivity contribution in [1.29, 1.82) is 0 Å². The van der Waals surface area contributed by atoms with Crippen molar-refractivity contribution in [2.75, 3.05) is 26.4 Å². The van der Waals surface area contributed by atoms with Crippen LogP contribution in [-0.2, 0) is 49.0 Å². The molecule has 0 amide bonds. The quantitative estimate of drug-likeness (QED) is 0.0637. The molecule has 0 N–H and O–H groups in total. The Morgan fingerprint density at radius 3 is 1.17 bits per heavy atom. The van der Waals surface area contributed by atoms with Gasteiger partial charge in [0.05, 0.1) is 37.6 Å². The molecule has 2 heterocycles. The summed E-state index contributed by atoms with van der Waals surface area (Å²) in [5, 5.41) is 1.81. The fourth-order valence-electron chi connectivity index (χ4n) is 7.87. The largest absolute Gasteiger partial charge is 0.465 e. The van der Waals surface area contributed by atoms with Gasteiger partial charge in [-0.3, -0.25) is 19.2 Å². The monoisotopic (exact) mass is 824 g/mol. The van der Waals surface area contributed by atoms with Gasteiger partial charge in [-0.1, -0.05) is 71.7 Å². The minimum Gasteiger partial charge on any atom is -0.465 e. The van der Waals surface area contributed by atoms with Crippen LogP contribution < -0.4 is 11.3 Å². The summed E-state index contributed by atoms with van der Waals surface area (Å²) in [5.41, 5.74) is -2.85. The zero-order valence-electron chi connectivity index (χ0n) is 31.6. The number of hydrogen-bond donors (Lipinski definition) is 0. The Morgan fingerprint density at radius 2 is 0.845 bits per heavy atom. The van der Waals surface area contributed by atoms with Crippen LogP contribution in [0.4, 0.5) is 0 Å². The lowest BCUT2D eigenvalue weighted by Crippen LogP contribution is -2.48. The third-order valence-corrected chi connectivity index (χ3v) is 10.5. The Kier molecular flexibility index (Phi) is 10.8. The van der Waals surface area contributed by atoms with E-state index in [1.165, 1.54) is 12.1 Å². The van der Waals surface area contributed by atoms with E-state index in [4.69, 9.17) is 51.0 Å². The normalized spacial score (nSPS) is 13.6. The molecule has 58 heavy (non-hydrogen) atoms. The van der Waals surface area contributed by atoms with Gasteiger partial charge in [0.1, 0.15) is 11.2 Å². The first-order chi connectivity index (χ1) is 27.9. The summed E-state index contributed by atoms with van der Waals surface area (Å²) >= 11 is 12.4. The SMILES string of the molecule is CCOC(=O)C1(C(=O)OCC)c2cc(Cl)ccc2-c2c1c(=O)oc1ccccc21.CCOC(=O)C1(C(=O)OCC)c2cc(Cl)ccc2-c2c1c(=O)oc1ccccc21. The van der Waals surface area contributed by atoms with Crippen LogP contribution in [-0.4, -0.2) is 50.3 Å². The highest BCUT2D eigenvalue weighted by molar-refractivity contribution is 6.32. The number of carbonyl (C=O) groups is 4. The zero-order chi connectivity index (χ0) is 41.5. The van der Waals surface area contributed by atoms with Crippen molar-refractivity contribution in [2.24, 2.45) is 0 Å². The maximum atomic E-state index is 13.3. The van der Waals surface area contributed by atoms with Crippen LogP contribution in [0.3, 0.4) is 0 Å². The summed E-state index contributed by atoms with van der Waals surface area (Å²) in [4.78, 5) is 79.2. The van der Waals surface area contributed by atoms with Crippen LogP contribution in [0.1, 0.15) is 49.9 Å². The summed E-state index contributed by atoms with van der Waals surface area (Å²) < 4.78 is 32.0. The molecule has 2 aromatic heterocycles. The van der Waals surface area contributed by atoms with E-state index in [0.717, 1.165) is 0 Å². The predicted octanol–water partition coefficient (Wildman–Crippen LogP) is 7.68. The molecule has 0 saturated carbocycles. The van der Waals surface area contributed by atoms with Gasteiger partial charge in [-0.2, -0.15) is 0 Å². The minimum absolute atomic E-state index is 0.0180. The molecule has 296 valence electrons. The Labute approximate surface area is 340 Å². The molecular formula is C44H34Cl2O12. The molecule has 0 unspecified atom stereocenters. The molecule has 12 nitrogen and oxygen atoms in total. The summed E-state index contributed by atoms with van der Waals surface area (Å²) in [6.07, 6.45) is 0. The average Bonchev–Trinajstić information content (AvgIpc) is 3.68. The molecule has 8 rings (SSSR count). The first-order valence-electron chi connectivity index (χ1n) is 18.3. The summed E-state index contributed by atoms with van der Waals surface area (Å²) in [6, 6.07) is 23.5. The highest BCUT2D eigenvalue weighted by Gasteiger charge is 2.62. The predicted molar refractivity (Wildman–Crippen MR) is 214 cm³/mol. The maximum absolute atomic E-state index is 13.3. The molecule has 0 fully saturated rings. The van der Waals surface area contributed by atoms with Gasteiger partial charge in [0.25, 0.3) is 0 Å². The fourth-order valence-corrected chi connectivity index (χ4v) is 8.22. The standard InChI is InChI=1S/2C22H17ClO6/c2*1-3-27-20(25)22(21(26)28-4-2)15-11-12(23)9-10-13(15)17-14-7-5-6-8-16(14)29-19(24)18(17)22/h2*5-11H,3-4H2,1-2H3. The van der Waals surface area contributed by atoms with Gasteiger partial charge in [0.15, 0.2) is 0 Å². The van der Waals surface area contributed by atoms with Crippen molar-refractivity contribution in [1.82, 2.24) is 0 Å². The maximum Gasteiger partial charge on any atom is 0.342 e. The molecule has 0 spiro atoms. The van der Waals surface area contributed by atoms with Gasteiger partial charge in [-0.25, -0.2) is 9.59 Å². The molecule has 0 radical (unpaired) electrons. The van der Waals surface area contributed by atoms with Gasteiger partial charge >= 0.3 is 35.1 Å².